The summed E-state index contributed by atoms with van der Waals surface area (Å²) in [6, 6.07) is 8.27. The average Bonchev–Trinajstić information content (AvgIpc) is 1.86. The molecule has 0 N–H and O–H groups in total. The summed E-state index contributed by atoms with van der Waals surface area (Å²) in [6.07, 6.45) is 0. The molecule has 0 spiro atoms. The molecular formula is C9H10ClI. The van der Waals surface area contributed by atoms with Gasteiger partial charge < -0.3 is 0 Å². The van der Waals surface area contributed by atoms with Gasteiger partial charge in [-0.3, -0.25) is 0 Å². The first-order valence-electron chi connectivity index (χ1n) is 3.45. The SMILES string of the molecule is CC(C)(Cl)c1ccc(I)cc1. The van der Waals surface area contributed by atoms with Crippen LogP contribution < -0.4 is 0 Å². The maximum Gasteiger partial charge on any atom is 0.0638 e. The van der Waals surface area contributed by atoms with E-state index in [0.29, 0.717) is 0 Å². The van der Waals surface area contributed by atoms with Gasteiger partial charge in [-0.2, -0.15) is 0 Å². The fourth-order valence-corrected chi connectivity index (χ4v) is 1.33. The molecule has 0 saturated carbocycles. The predicted molar refractivity (Wildman–Crippen MR) is 58.0 cm³/mol. The van der Waals surface area contributed by atoms with Gasteiger partial charge >= 0.3 is 0 Å². The molecule has 0 fully saturated rings. The number of hydrogen-bond donors (Lipinski definition) is 0. The predicted octanol–water partition coefficient (Wildman–Crippen LogP) is 3.77. The summed E-state index contributed by atoms with van der Waals surface area (Å²) in [6.45, 7) is 3.99. The molecule has 0 saturated heterocycles. The van der Waals surface area contributed by atoms with Gasteiger partial charge in [-0.1, -0.05) is 12.1 Å². The second kappa shape index (κ2) is 3.31. The van der Waals surface area contributed by atoms with Gasteiger partial charge in [0.15, 0.2) is 0 Å². The molecule has 1 rings (SSSR count). The van der Waals surface area contributed by atoms with Crippen molar-refractivity contribution in [1.82, 2.24) is 0 Å². The highest BCUT2D eigenvalue weighted by Gasteiger charge is 2.15. The Labute approximate surface area is 86.1 Å². The Morgan fingerprint density at radius 1 is 1.18 bits per heavy atom. The van der Waals surface area contributed by atoms with E-state index in [-0.39, 0.29) is 4.87 Å². The third kappa shape index (κ3) is 2.64. The zero-order valence-electron chi connectivity index (χ0n) is 6.57. The summed E-state index contributed by atoms with van der Waals surface area (Å²) >= 11 is 8.39. The van der Waals surface area contributed by atoms with E-state index in [1.807, 2.05) is 13.8 Å². The van der Waals surface area contributed by atoms with Gasteiger partial charge in [0.1, 0.15) is 0 Å². The highest BCUT2D eigenvalue weighted by molar-refractivity contribution is 14.1. The van der Waals surface area contributed by atoms with Crippen LogP contribution in [0.15, 0.2) is 24.3 Å². The Balaban J connectivity index is 2.99. The summed E-state index contributed by atoms with van der Waals surface area (Å²) in [4.78, 5) is -0.246. The average molecular weight is 281 g/mol. The third-order valence-corrected chi connectivity index (χ3v) is 2.47. The van der Waals surface area contributed by atoms with Crippen LogP contribution in [0.2, 0.25) is 0 Å². The van der Waals surface area contributed by atoms with Crippen molar-refractivity contribution in [1.29, 1.82) is 0 Å². The number of hydrogen-bond acceptors (Lipinski definition) is 0. The molecule has 0 bridgehead atoms. The van der Waals surface area contributed by atoms with Crippen LogP contribution in [0, 0.1) is 3.57 Å². The van der Waals surface area contributed by atoms with Crippen molar-refractivity contribution < 1.29 is 0 Å². The fourth-order valence-electron chi connectivity index (χ4n) is 0.846. The quantitative estimate of drug-likeness (QED) is 0.543. The molecule has 2 heteroatoms. The van der Waals surface area contributed by atoms with Gasteiger partial charge in [0.2, 0.25) is 0 Å². The smallest absolute Gasteiger partial charge is 0.0638 e. The van der Waals surface area contributed by atoms with Crippen LogP contribution in [0.4, 0.5) is 0 Å². The van der Waals surface area contributed by atoms with E-state index in [1.165, 1.54) is 9.13 Å². The highest BCUT2D eigenvalue weighted by atomic mass is 127. The van der Waals surface area contributed by atoms with Gasteiger partial charge in [-0.15, -0.1) is 11.6 Å². The molecule has 0 atom stereocenters. The molecule has 0 aliphatic rings. The normalized spacial score (nSPS) is 11.6. The van der Waals surface area contributed by atoms with E-state index in [2.05, 4.69) is 46.9 Å². The topological polar surface area (TPSA) is 0 Å². The Morgan fingerprint density at radius 2 is 1.64 bits per heavy atom. The molecule has 0 nitrogen and oxygen atoms in total. The number of alkyl halides is 1. The Hall–Kier alpha value is 0.240. The summed E-state index contributed by atoms with van der Waals surface area (Å²) in [5.41, 5.74) is 1.17. The van der Waals surface area contributed by atoms with Crippen LogP contribution in [0.3, 0.4) is 0 Å². The first kappa shape index (κ1) is 9.33. The Morgan fingerprint density at radius 3 is 2.00 bits per heavy atom. The van der Waals surface area contributed by atoms with Crippen LogP contribution in [-0.4, -0.2) is 0 Å². The van der Waals surface area contributed by atoms with Crippen LogP contribution >= 0.6 is 34.2 Å². The van der Waals surface area contributed by atoms with Crippen LogP contribution in [0.1, 0.15) is 19.4 Å². The lowest BCUT2D eigenvalue weighted by atomic mass is 10.0. The van der Waals surface area contributed by atoms with Gasteiger partial charge in [0.05, 0.1) is 4.87 Å². The van der Waals surface area contributed by atoms with Gasteiger partial charge in [0.25, 0.3) is 0 Å². The number of rotatable bonds is 1. The van der Waals surface area contributed by atoms with Crippen molar-refractivity contribution in [3.05, 3.63) is 33.4 Å². The molecule has 60 valence electrons. The zero-order valence-corrected chi connectivity index (χ0v) is 9.48. The van der Waals surface area contributed by atoms with Gasteiger partial charge in [0, 0.05) is 3.57 Å². The molecule has 0 heterocycles. The number of benzene rings is 1. The lowest BCUT2D eigenvalue weighted by molar-refractivity contribution is 0.766. The zero-order chi connectivity index (χ0) is 8.48. The van der Waals surface area contributed by atoms with Crippen LogP contribution in [0.25, 0.3) is 0 Å². The van der Waals surface area contributed by atoms with Crippen molar-refractivity contribution in [2.75, 3.05) is 0 Å². The van der Waals surface area contributed by atoms with E-state index in [0.717, 1.165) is 0 Å². The molecule has 0 amide bonds. The van der Waals surface area contributed by atoms with Gasteiger partial charge in [-0.05, 0) is 54.1 Å². The molecule has 1 aromatic carbocycles. The standard InChI is InChI=1S/C9H10ClI/c1-9(2,10)7-3-5-8(11)6-4-7/h3-6H,1-2H3. The van der Waals surface area contributed by atoms with Crippen LogP contribution in [-0.2, 0) is 4.87 Å². The second-order valence-electron chi connectivity index (χ2n) is 2.98. The summed E-state index contributed by atoms with van der Waals surface area (Å²) in [7, 11) is 0. The maximum absolute atomic E-state index is 6.11. The Kier molecular flexibility index (Phi) is 2.81. The lowest BCUT2D eigenvalue weighted by Crippen LogP contribution is -2.06. The van der Waals surface area contributed by atoms with Gasteiger partial charge in [-0.25, -0.2) is 0 Å². The summed E-state index contributed by atoms with van der Waals surface area (Å²) < 4.78 is 1.24. The Bertz CT molecular complexity index is 233. The van der Waals surface area contributed by atoms with Crippen molar-refractivity contribution in [3.8, 4) is 0 Å². The molecule has 0 aromatic heterocycles. The molecule has 0 unspecified atom stereocenters. The second-order valence-corrected chi connectivity index (χ2v) is 5.17. The largest absolute Gasteiger partial charge is 0.115 e. The summed E-state index contributed by atoms with van der Waals surface area (Å²) in [5.74, 6) is 0. The molecule has 11 heavy (non-hydrogen) atoms. The fraction of sp³-hybridized carbons (Fsp3) is 0.333. The minimum atomic E-state index is -0.246. The molecule has 0 aliphatic heterocycles. The monoisotopic (exact) mass is 280 g/mol. The van der Waals surface area contributed by atoms with Crippen molar-refractivity contribution >= 4 is 34.2 Å². The first-order valence-corrected chi connectivity index (χ1v) is 4.91. The highest BCUT2D eigenvalue weighted by Crippen LogP contribution is 2.27. The minimum Gasteiger partial charge on any atom is -0.115 e. The maximum atomic E-state index is 6.11. The van der Waals surface area contributed by atoms with E-state index < -0.39 is 0 Å². The molecule has 0 radical (unpaired) electrons. The molecule has 1 aromatic rings. The first-order chi connectivity index (χ1) is 5.00. The minimum absolute atomic E-state index is 0.246. The van der Waals surface area contributed by atoms with Crippen molar-refractivity contribution in [2.24, 2.45) is 0 Å². The van der Waals surface area contributed by atoms with Crippen molar-refractivity contribution in [3.63, 3.8) is 0 Å². The van der Waals surface area contributed by atoms with E-state index in [1.54, 1.807) is 0 Å². The van der Waals surface area contributed by atoms with Crippen LogP contribution in [0.5, 0.6) is 0 Å². The van der Waals surface area contributed by atoms with Crippen molar-refractivity contribution in [2.45, 2.75) is 18.7 Å². The summed E-state index contributed by atoms with van der Waals surface area (Å²) in [5, 5.41) is 0. The third-order valence-electron chi connectivity index (χ3n) is 1.53. The van der Waals surface area contributed by atoms with E-state index in [4.69, 9.17) is 11.6 Å². The molecular weight excluding hydrogens is 270 g/mol. The number of halogens is 2. The molecule has 0 aliphatic carbocycles. The van der Waals surface area contributed by atoms with E-state index in [9.17, 15) is 0 Å². The lowest BCUT2D eigenvalue weighted by Gasteiger charge is -2.15. The van der Waals surface area contributed by atoms with E-state index >= 15 is 0 Å².